The molecule has 1 saturated heterocycles. The van der Waals surface area contributed by atoms with Crippen LogP contribution in [0.1, 0.15) is 31.9 Å². The Labute approximate surface area is 155 Å². The Morgan fingerprint density at radius 1 is 1.27 bits per heavy atom. The molecule has 2 aromatic heterocycles. The van der Waals surface area contributed by atoms with Crippen LogP contribution in [0.4, 0.5) is 0 Å². The predicted molar refractivity (Wildman–Crippen MR) is 102 cm³/mol. The van der Waals surface area contributed by atoms with E-state index >= 15 is 0 Å². The number of rotatable bonds is 6. The van der Waals surface area contributed by atoms with E-state index in [4.69, 9.17) is 0 Å². The Kier molecular flexibility index (Phi) is 5.45. The molecule has 0 bridgehead atoms. The van der Waals surface area contributed by atoms with Gasteiger partial charge in [0.2, 0.25) is 0 Å². The average molecular weight is 378 g/mol. The lowest BCUT2D eigenvalue weighted by atomic mass is 10.00. The summed E-state index contributed by atoms with van der Waals surface area (Å²) < 4.78 is 29.3. The van der Waals surface area contributed by atoms with Crippen molar-refractivity contribution in [2.75, 3.05) is 27.2 Å². The van der Waals surface area contributed by atoms with Crippen LogP contribution in [0, 0.1) is 5.92 Å². The van der Waals surface area contributed by atoms with Gasteiger partial charge in [0.25, 0.3) is 10.2 Å². The first-order valence-corrected chi connectivity index (χ1v) is 10.3. The Balaban J connectivity index is 1.66. The molecule has 1 aliphatic rings. The van der Waals surface area contributed by atoms with E-state index in [0.29, 0.717) is 19.0 Å². The second kappa shape index (κ2) is 7.46. The first kappa shape index (κ1) is 19.0. The minimum absolute atomic E-state index is 0.282. The number of hydrogen-bond donors (Lipinski definition) is 0. The summed E-state index contributed by atoms with van der Waals surface area (Å²) in [5.74, 6) is 0.332. The maximum absolute atomic E-state index is 12.2. The molecule has 142 valence electrons. The molecule has 1 aliphatic heterocycles. The summed E-state index contributed by atoms with van der Waals surface area (Å²) in [7, 11) is -0.157. The van der Waals surface area contributed by atoms with E-state index in [1.54, 1.807) is 24.6 Å². The molecule has 3 heterocycles. The van der Waals surface area contributed by atoms with Crippen LogP contribution < -0.4 is 0 Å². The summed E-state index contributed by atoms with van der Waals surface area (Å²) >= 11 is 0. The maximum atomic E-state index is 12.2. The predicted octanol–water partition coefficient (Wildman–Crippen LogP) is 2.20. The lowest BCUT2D eigenvalue weighted by molar-refractivity contribution is 0.409. The van der Waals surface area contributed by atoms with Gasteiger partial charge in [-0.15, -0.1) is 0 Å². The molecule has 0 N–H and O–H groups in total. The molecule has 0 saturated carbocycles. The van der Waals surface area contributed by atoms with Crippen LogP contribution in [0.2, 0.25) is 0 Å². The fourth-order valence-electron chi connectivity index (χ4n) is 3.36. The number of hydrogen-bond acceptors (Lipinski definition) is 4. The molecule has 1 fully saturated rings. The highest BCUT2D eigenvalue weighted by Crippen LogP contribution is 2.25. The molecule has 0 radical (unpaired) electrons. The highest BCUT2D eigenvalue weighted by Gasteiger charge is 2.32. The van der Waals surface area contributed by atoms with E-state index in [0.717, 1.165) is 29.8 Å². The van der Waals surface area contributed by atoms with Gasteiger partial charge < -0.3 is 0 Å². The largest absolute Gasteiger partial charge is 0.281 e. The Morgan fingerprint density at radius 3 is 2.65 bits per heavy atom. The van der Waals surface area contributed by atoms with Crippen molar-refractivity contribution < 1.29 is 8.42 Å². The second-order valence-electron chi connectivity index (χ2n) is 7.31. The number of aromatic nitrogens is 3. The van der Waals surface area contributed by atoms with Crippen molar-refractivity contribution in [3.8, 4) is 11.4 Å². The van der Waals surface area contributed by atoms with Crippen molar-refractivity contribution in [3.63, 3.8) is 0 Å². The molecule has 1 unspecified atom stereocenters. The fraction of sp³-hybridized carbons (Fsp3) is 0.556. The van der Waals surface area contributed by atoms with Crippen LogP contribution in [-0.2, 0) is 16.6 Å². The van der Waals surface area contributed by atoms with Gasteiger partial charge in [-0.1, -0.05) is 6.07 Å². The van der Waals surface area contributed by atoms with Crippen molar-refractivity contribution in [1.29, 1.82) is 0 Å². The molecule has 0 spiro atoms. The van der Waals surface area contributed by atoms with Gasteiger partial charge in [-0.05, 0) is 50.3 Å². The SMILES string of the molecule is CC(C)n1nccc1-c1ccc(CC2CCN(S(=O)(=O)N(C)C)C2)cn1. The summed E-state index contributed by atoms with van der Waals surface area (Å²) in [4.78, 5) is 4.60. The Hall–Kier alpha value is -1.77. The summed E-state index contributed by atoms with van der Waals surface area (Å²) in [6.07, 6.45) is 5.42. The average Bonchev–Trinajstić information content (AvgIpc) is 3.25. The minimum atomic E-state index is -3.31. The lowest BCUT2D eigenvalue weighted by Gasteiger charge is -2.20. The van der Waals surface area contributed by atoms with E-state index < -0.39 is 10.2 Å². The second-order valence-corrected chi connectivity index (χ2v) is 9.46. The van der Waals surface area contributed by atoms with E-state index in [-0.39, 0.29) is 6.04 Å². The van der Waals surface area contributed by atoms with Crippen molar-refractivity contribution in [3.05, 3.63) is 36.2 Å². The number of pyridine rings is 1. The molecule has 1 atom stereocenters. The summed E-state index contributed by atoms with van der Waals surface area (Å²) in [5.41, 5.74) is 3.05. The van der Waals surface area contributed by atoms with E-state index in [9.17, 15) is 8.42 Å². The van der Waals surface area contributed by atoms with Gasteiger partial charge in [0.15, 0.2) is 0 Å². The third-order valence-corrected chi connectivity index (χ3v) is 6.71. The smallest absolute Gasteiger partial charge is 0.261 e. The van der Waals surface area contributed by atoms with Crippen LogP contribution in [0.5, 0.6) is 0 Å². The molecule has 2 aromatic rings. The monoisotopic (exact) mass is 377 g/mol. The molecular formula is C18H27N5O2S. The Morgan fingerprint density at radius 2 is 2.04 bits per heavy atom. The van der Waals surface area contributed by atoms with Gasteiger partial charge in [0, 0.05) is 45.6 Å². The molecule has 26 heavy (non-hydrogen) atoms. The standard InChI is InChI=1S/C18H27N5O2S/c1-14(2)23-18(7-9-20-23)17-6-5-15(12-19-17)11-16-8-10-22(13-16)26(24,25)21(3)4/h5-7,9,12,14,16H,8,10-11,13H2,1-4H3. The highest BCUT2D eigenvalue weighted by atomic mass is 32.2. The van der Waals surface area contributed by atoms with Gasteiger partial charge in [0.05, 0.1) is 11.4 Å². The molecule has 0 amide bonds. The fourth-order valence-corrected chi connectivity index (χ4v) is 4.56. The zero-order chi connectivity index (χ0) is 18.9. The van der Waals surface area contributed by atoms with Crippen molar-refractivity contribution in [2.24, 2.45) is 5.92 Å². The quantitative estimate of drug-likeness (QED) is 0.774. The number of nitrogens with zero attached hydrogens (tertiary/aromatic N) is 5. The minimum Gasteiger partial charge on any atom is -0.261 e. The van der Waals surface area contributed by atoms with E-state index in [1.807, 2.05) is 23.0 Å². The van der Waals surface area contributed by atoms with Crippen molar-refractivity contribution in [1.82, 2.24) is 23.4 Å². The van der Waals surface area contributed by atoms with Gasteiger partial charge in [0.1, 0.15) is 0 Å². The summed E-state index contributed by atoms with van der Waals surface area (Å²) in [5, 5.41) is 4.35. The highest BCUT2D eigenvalue weighted by molar-refractivity contribution is 7.86. The van der Waals surface area contributed by atoms with Crippen molar-refractivity contribution >= 4 is 10.2 Å². The van der Waals surface area contributed by atoms with Crippen LogP contribution in [0.3, 0.4) is 0 Å². The van der Waals surface area contributed by atoms with Crippen LogP contribution in [0.15, 0.2) is 30.6 Å². The van der Waals surface area contributed by atoms with Crippen LogP contribution >= 0.6 is 0 Å². The zero-order valence-electron chi connectivity index (χ0n) is 15.8. The lowest BCUT2D eigenvalue weighted by Crippen LogP contribution is -2.38. The van der Waals surface area contributed by atoms with Crippen LogP contribution in [-0.4, -0.2) is 59.0 Å². The third kappa shape index (κ3) is 3.82. The van der Waals surface area contributed by atoms with Crippen LogP contribution in [0.25, 0.3) is 11.4 Å². The molecule has 3 rings (SSSR count). The first-order valence-electron chi connectivity index (χ1n) is 8.95. The normalized spacial score (nSPS) is 18.9. The first-order chi connectivity index (χ1) is 12.3. The van der Waals surface area contributed by atoms with Gasteiger partial charge in [-0.3, -0.25) is 9.67 Å². The molecular weight excluding hydrogens is 350 g/mol. The molecule has 0 aliphatic carbocycles. The van der Waals surface area contributed by atoms with E-state index in [2.05, 4.69) is 30.0 Å². The van der Waals surface area contributed by atoms with Crippen molar-refractivity contribution in [2.45, 2.75) is 32.7 Å². The molecule has 8 heteroatoms. The topological polar surface area (TPSA) is 71.3 Å². The summed E-state index contributed by atoms with van der Waals surface area (Å²) in [6, 6.07) is 6.37. The summed E-state index contributed by atoms with van der Waals surface area (Å²) in [6.45, 7) is 5.35. The third-order valence-electron chi connectivity index (χ3n) is 4.81. The molecule has 0 aromatic carbocycles. The zero-order valence-corrected chi connectivity index (χ0v) is 16.6. The molecule has 7 nitrogen and oxygen atoms in total. The Bertz CT molecular complexity index is 843. The van der Waals surface area contributed by atoms with Gasteiger partial charge in [-0.25, -0.2) is 0 Å². The van der Waals surface area contributed by atoms with Gasteiger partial charge in [-0.2, -0.15) is 22.1 Å². The van der Waals surface area contributed by atoms with Gasteiger partial charge >= 0.3 is 0 Å². The van der Waals surface area contributed by atoms with E-state index in [1.165, 1.54) is 4.31 Å². The maximum Gasteiger partial charge on any atom is 0.281 e.